The summed E-state index contributed by atoms with van der Waals surface area (Å²) in [6.45, 7) is 5.12. The van der Waals surface area contributed by atoms with Crippen LogP contribution in [0, 0.1) is 0 Å². The van der Waals surface area contributed by atoms with Crippen LogP contribution in [0.3, 0.4) is 0 Å². The Labute approximate surface area is 132 Å². The molecule has 2 N–H and O–H groups in total. The molecule has 21 heavy (non-hydrogen) atoms. The zero-order chi connectivity index (χ0) is 15.2. The standard InChI is InChI=1S/C18H26N2S/c1-4-15-7-9-16(10-8-15)18(13-19)20(3)14(2)12-17-6-5-11-21-17/h5-11,14,18H,4,12-13,19H2,1-3H3. The molecule has 0 aliphatic heterocycles. The molecule has 114 valence electrons. The van der Waals surface area contributed by atoms with E-state index in [1.165, 1.54) is 16.0 Å². The predicted molar refractivity (Wildman–Crippen MR) is 92.9 cm³/mol. The summed E-state index contributed by atoms with van der Waals surface area (Å²) in [7, 11) is 2.18. The van der Waals surface area contributed by atoms with Gasteiger partial charge in [-0.2, -0.15) is 0 Å². The van der Waals surface area contributed by atoms with Gasteiger partial charge in [0.05, 0.1) is 0 Å². The van der Waals surface area contributed by atoms with Crippen molar-refractivity contribution in [3.8, 4) is 0 Å². The van der Waals surface area contributed by atoms with Gasteiger partial charge in [-0.25, -0.2) is 0 Å². The first kappa shape index (κ1) is 16.2. The van der Waals surface area contributed by atoms with E-state index in [9.17, 15) is 0 Å². The molecule has 0 fully saturated rings. The smallest absolute Gasteiger partial charge is 0.0470 e. The zero-order valence-electron chi connectivity index (χ0n) is 13.3. The molecule has 0 aliphatic rings. The molecule has 2 unspecified atom stereocenters. The van der Waals surface area contributed by atoms with Gasteiger partial charge in [0.25, 0.3) is 0 Å². The largest absolute Gasteiger partial charge is 0.329 e. The van der Waals surface area contributed by atoms with Gasteiger partial charge in [-0.3, -0.25) is 4.90 Å². The third-order valence-corrected chi connectivity index (χ3v) is 5.16. The fourth-order valence-corrected chi connectivity index (χ4v) is 3.51. The second-order valence-electron chi connectivity index (χ2n) is 5.64. The molecular weight excluding hydrogens is 276 g/mol. The second-order valence-corrected chi connectivity index (χ2v) is 6.68. The molecule has 0 spiro atoms. The van der Waals surface area contributed by atoms with Crippen molar-refractivity contribution < 1.29 is 0 Å². The maximum Gasteiger partial charge on any atom is 0.0470 e. The summed E-state index contributed by atoms with van der Waals surface area (Å²) < 4.78 is 0. The van der Waals surface area contributed by atoms with E-state index in [4.69, 9.17) is 5.73 Å². The summed E-state index contributed by atoms with van der Waals surface area (Å²) in [5.74, 6) is 0. The van der Waals surface area contributed by atoms with Gasteiger partial charge < -0.3 is 5.73 Å². The van der Waals surface area contributed by atoms with E-state index in [1.54, 1.807) is 0 Å². The van der Waals surface area contributed by atoms with Gasteiger partial charge in [0.2, 0.25) is 0 Å². The summed E-state index contributed by atoms with van der Waals surface area (Å²) in [6.07, 6.45) is 2.16. The van der Waals surface area contributed by atoms with Crippen molar-refractivity contribution in [3.63, 3.8) is 0 Å². The molecule has 3 heteroatoms. The Morgan fingerprint density at radius 2 is 1.90 bits per heavy atom. The van der Waals surface area contributed by atoms with Gasteiger partial charge in [0.15, 0.2) is 0 Å². The van der Waals surface area contributed by atoms with Crippen molar-refractivity contribution in [2.75, 3.05) is 13.6 Å². The molecule has 0 radical (unpaired) electrons. The average molecular weight is 302 g/mol. The van der Waals surface area contributed by atoms with Gasteiger partial charge in [-0.05, 0) is 49.4 Å². The molecule has 2 rings (SSSR count). The van der Waals surface area contributed by atoms with E-state index in [1.807, 2.05) is 11.3 Å². The Balaban J connectivity index is 2.07. The van der Waals surface area contributed by atoms with Crippen LogP contribution < -0.4 is 5.73 Å². The van der Waals surface area contributed by atoms with Crippen LogP contribution in [-0.2, 0) is 12.8 Å². The maximum atomic E-state index is 6.05. The van der Waals surface area contributed by atoms with Crippen LogP contribution in [0.1, 0.15) is 35.9 Å². The first-order valence-corrected chi connectivity index (χ1v) is 8.56. The first-order valence-electron chi connectivity index (χ1n) is 7.69. The SMILES string of the molecule is CCc1ccc(C(CN)N(C)C(C)Cc2cccs2)cc1. The molecular formula is C18H26N2S. The van der Waals surface area contributed by atoms with E-state index in [-0.39, 0.29) is 6.04 Å². The number of rotatable bonds is 7. The lowest BCUT2D eigenvalue weighted by Gasteiger charge is -2.32. The molecule has 0 aliphatic carbocycles. The fourth-order valence-electron chi connectivity index (χ4n) is 2.68. The molecule has 0 amide bonds. The van der Waals surface area contributed by atoms with Crippen LogP contribution in [0.2, 0.25) is 0 Å². The number of nitrogens with zero attached hydrogens (tertiary/aromatic N) is 1. The van der Waals surface area contributed by atoms with Gasteiger partial charge in [-0.15, -0.1) is 11.3 Å². The quantitative estimate of drug-likeness (QED) is 0.841. The van der Waals surface area contributed by atoms with Crippen molar-refractivity contribution in [2.24, 2.45) is 5.73 Å². The maximum absolute atomic E-state index is 6.05. The zero-order valence-corrected chi connectivity index (χ0v) is 14.1. The van der Waals surface area contributed by atoms with Crippen LogP contribution in [0.5, 0.6) is 0 Å². The van der Waals surface area contributed by atoms with Crippen molar-refractivity contribution in [1.82, 2.24) is 4.90 Å². The average Bonchev–Trinajstić information content (AvgIpc) is 3.01. The highest BCUT2D eigenvalue weighted by Crippen LogP contribution is 2.23. The van der Waals surface area contributed by atoms with Crippen molar-refractivity contribution in [3.05, 3.63) is 57.8 Å². The van der Waals surface area contributed by atoms with Crippen LogP contribution in [0.25, 0.3) is 0 Å². The van der Waals surface area contributed by atoms with E-state index in [2.05, 4.69) is 67.6 Å². The van der Waals surface area contributed by atoms with E-state index in [0.717, 1.165) is 12.8 Å². The Kier molecular flexibility index (Phi) is 5.97. The Bertz CT molecular complexity index is 519. The molecule has 2 aromatic rings. The molecule has 2 nitrogen and oxygen atoms in total. The highest BCUT2D eigenvalue weighted by Gasteiger charge is 2.20. The lowest BCUT2D eigenvalue weighted by molar-refractivity contribution is 0.188. The lowest BCUT2D eigenvalue weighted by Crippen LogP contribution is -2.38. The topological polar surface area (TPSA) is 29.3 Å². The van der Waals surface area contributed by atoms with E-state index >= 15 is 0 Å². The first-order chi connectivity index (χ1) is 10.2. The summed E-state index contributed by atoms with van der Waals surface area (Å²) in [5.41, 5.74) is 8.74. The van der Waals surface area contributed by atoms with Crippen LogP contribution in [0.4, 0.5) is 0 Å². The van der Waals surface area contributed by atoms with Crippen molar-refractivity contribution in [2.45, 2.75) is 38.8 Å². The summed E-state index contributed by atoms with van der Waals surface area (Å²) >= 11 is 1.83. The van der Waals surface area contributed by atoms with Gasteiger partial charge in [-0.1, -0.05) is 37.3 Å². The number of benzene rings is 1. The lowest BCUT2D eigenvalue weighted by atomic mass is 10.0. The highest BCUT2D eigenvalue weighted by molar-refractivity contribution is 7.09. The second kappa shape index (κ2) is 7.74. The highest BCUT2D eigenvalue weighted by atomic mass is 32.1. The van der Waals surface area contributed by atoms with Gasteiger partial charge >= 0.3 is 0 Å². The van der Waals surface area contributed by atoms with Crippen LogP contribution in [0.15, 0.2) is 41.8 Å². The molecule has 0 saturated carbocycles. The normalized spacial score (nSPS) is 14.3. The van der Waals surface area contributed by atoms with Crippen LogP contribution in [-0.4, -0.2) is 24.5 Å². The van der Waals surface area contributed by atoms with E-state index < -0.39 is 0 Å². The molecule has 1 aromatic carbocycles. The Hall–Kier alpha value is -1.16. The number of nitrogens with two attached hydrogens (primary N) is 1. The number of hydrogen-bond donors (Lipinski definition) is 1. The molecule has 0 bridgehead atoms. The van der Waals surface area contributed by atoms with Gasteiger partial charge in [0, 0.05) is 23.5 Å². The van der Waals surface area contributed by atoms with Crippen molar-refractivity contribution in [1.29, 1.82) is 0 Å². The number of thiophene rings is 1. The summed E-state index contributed by atoms with van der Waals surface area (Å²) in [6, 6.07) is 14.0. The number of likely N-dealkylation sites (N-methyl/N-ethyl adjacent to an activating group) is 1. The van der Waals surface area contributed by atoms with Crippen LogP contribution >= 0.6 is 11.3 Å². The number of aryl methyl sites for hydroxylation is 1. The molecule has 2 atom stereocenters. The van der Waals surface area contributed by atoms with E-state index in [0.29, 0.717) is 12.6 Å². The predicted octanol–water partition coefficient (Wildman–Crippen LogP) is 3.87. The van der Waals surface area contributed by atoms with Crippen molar-refractivity contribution >= 4 is 11.3 Å². The Morgan fingerprint density at radius 1 is 1.19 bits per heavy atom. The fraction of sp³-hybridized carbons (Fsp3) is 0.444. The Morgan fingerprint density at radius 3 is 2.43 bits per heavy atom. The molecule has 0 saturated heterocycles. The third kappa shape index (κ3) is 4.16. The van der Waals surface area contributed by atoms with Gasteiger partial charge in [0.1, 0.15) is 0 Å². The molecule has 1 aromatic heterocycles. The minimum absolute atomic E-state index is 0.283. The monoisotopic (exact) mass is 302 g/mol. The molecule has 1 heterocycles. The number of hydrogen-bond acceptors (Lipinski definition) is 3. The summed E-state index contributed by atoms with van der Waals surface area (Å²) in [5, 5.41) is 2.14. The minimum atomic E-state index is 0.283. The summed E-state index contributed by atoms with van der Waals surface area (Å²) in [4.78, 5) is 3.84. The minimum Gasteiger partial charge on any atom is -0.329 e. The third-order valence-electron chi connectivity index (χ3n) is 4.26.